The molecule has 0 saturated carbocycles. The predicted octanol–water partition coefficient (Wildman–Crippen LogP) is 3.33. The zero-order valence-electron chi connectivity index (χ0n) is 18.8. The van der Waals surface area contributed by atoms with E-state index in [9.17, 15) is 19.5 Å². The van der Waals surface area contributed by atoms with Crippen molar-refractivity contribution in [3.63, 3.8) is 0 Å². The average molecular weight is 460 g/mol. The van der Waals surface area contributed by atoms with Crippen LogP contribution < -0.4 is 5.32 Å². The van der Waals surface area contributed by atoms with E-state index in [1.807, 2.05) is 36.4 Å². The molecule has 1 aromatic heterocycles. The molecular formula is C25H24N4O5. The van der Waals surface area contributed by atoms with Crippen LogP contribution in [-0.4, -0.2) is 57.5 Å². The van der Waals surface area contributed by atoms with Crippen molar-refractivity contribution in [3.8, 4) is 11.1 Å². The number of nitrogens with one attached hydrogen (secondary N) is 1. The maximum absolute atomic E-state index is 12.6. The predicted molar refractivity (Wildman–Crippen MR) is 124 cm³/mol. The minimum absolute atomic E-state index is 0.0585. The summed E-state index contributed by atoms with van der Waals surface area (Å²) in [5.41, 5.74) is 3.72. The van der Waals surface area contributed by atoms with Crippen molar-refractivity contribution < 1.29 is 24.2 Å². The van der Waals surface area contributed by atoms with Crippen LogP contribution in [0.5, 0.6) is 0 Å². The molecule has 0 atom stereocenters. The molecule has 0 radical (unpaired) electrons. The summed E-state index contributed by atoms with van der Waals surface area (Å²) in [6, 6.07) is 17.6. The van der Waals surface area contributed by atoms with Crippen molar-refractivity contribution in [1.82, 2.24) is 14.7 Å². The zero-order valence-corrected chi connectivity index (χ0v) is 18.8. The number of hydrogen-bond donors (Lipinski definition) is 2. The first kappa shape index (κ1) is 21.7. The molecule has 1 aliphatic heterocycles. The van der Waals surface area contributed by atoms with Crippen LogP contribution in [0.25, 0.3) is 11.1 Å². The Hall–Kier alpha value is -4.14. The molecule has 2 amide bonds. The Balaban J connectivity index is 1.23. The minimum atomic E-state index is -0.938. The summed E-state index contributed by atoms with van der Waals surface area (Å²) in [4.78, 5) is 37.9. The van der Waals surface area contributed by atoms with Gasteiger partial charge in [-0.25, -0.2) is 4.79 Å². The van der Waals surface area contributed by atoms with Crippen LogP contribution in [-0.2, 0) is 16.6 Å². The van der Waals surface area contributed by atoms with E-state index < -0.39 is 17.5 Å². The van der Waals surface area contributed by atoms with Gasteiger partial charge in [-0.2, -0.15) is 5.10 Å². The highest BCUT2D eigenvalue weighted by Gasteiger charge is 2.48. The first-order valence-electron chi connectivity index (χ1n) is 11.0. The largest absolute Gasteiger partial charge is 0.481 e. The van der Waals surface area contributed by atoms with Gasteiger partial charge < -0.3 is 14.7 Å². The molecule has 0 unspecified atom stereocenters. The van der Waals surface area contributed by atoms with Gasteiger partial charge in [0.05, 0.1) is 0 Å². The summed E-state index contributed by atoms with van der Waals surface area (Å²) in [5, 5.41) is 16.0. The molecule has 9 heteroatoms. The number of carboxylic acids is 1. The summed E-state index contributed by atoms with van der Waals surface area (Å²) in [5.74, 6) is -1.07. The fourth-order valence-electron chi connectivity index (χ4n) is 4.66. The lowest BCUT2D eigenvalue weighted by molar-refractivity contribution is -0.155. The SMILES string of the molecule is Cn1nc(C(=O)N2CC(C)(C(=O)O)C2)cc1NC(=O)OCC1c2ccccc2-c2ccccc21. The molecule has 2 aromatic carbocycles. The summed E-state index contributed by atoms with van der Waals surface area (Å²) in [7, 11) is 1.60. The van der Waals surface area contributed by atoms with Gasteiger partial charge in [0.2, 0.25) is 0 Å². The van der Waals surface area contributed by atoms with Gasteiger partial charge in [-0.15, -0.1) is 0 Å². The number of nitrogens with zero attached hydrogens (tertiary/aromatic N) is 3. The van der Waals surface area contributed by atoms with Gasteiger partial charge in [0.1, 0.15) is 17.8 Å². The number of likely N-dealkylation sites (tertiary alicyclic amines) is 1. The van der Waals surface area contributed by atoms with E-state index in [0.717, 1.165) is 22.3 Å². The Morgan fingerprint density at radius 1 is 1.09 bits per heavy atom. The van der Waals surface area contributed by atoms with Gasteiger partial charge in [0, 0.05) is 32.1 Å². The summed E-state index contributed by atoms with van der Waals surface area (Å²) in [6.45, 7) is 2.01. The Labute approximate surface area is 195 Å². The fraction of sp³-hybridized carbons (Fsp3) is 0.280. The first-order valence-corrected chi connectivity index (χ1v) is 11.0. The number of carbonyl (C=O) groups excluding carboxylic acids is 2. The Morgan fingerprint density at radius 2 is 1.68 bits per heavy atom. The number of carboxylic acid groups (broad SMARTS) is 1. The molecule has 2 aliphatic rings. The standard InChI is InChI=1S/C25H24N4O5/c1-25(23(31)32)13-29(14-25)22(30)20-11-21(28(2)27-20)26-24(33)34-12-19-17-9-5-3-7-15(17)16-8-4-6-10-18(16)19/h3-11,19H,12-14H2,1-2H3,(H,26,33)(H,31,32). The molecule has 34 heavy (non-hydrogen) atoms. The van der Waals surface area contributed by atoms with Gasteiger partial charge in [-0.1, -0.05) is 48.5 Å². The smallest absolute Gasteiger partial charge is 0.412 e. The molecule has 3 aromatic rings. The highest BCUT2D eigenvalue weighted by Crippen LogP contribution is 2.44. The molecule has 2 heterocycles. The van der Waals surface area contributed by atoms with Crippen molar-refractivity contribution in [2.75, 3.05) is 25.0 Å². The van der Waals surface area contributed by atoms with E-state index in [1.165, 1.54) is 15.6 Å². The van der Waals surface area contributed by atoms with Crippen LogP contribution in [0.1, 0.15) is 34.5 Å². The van der Waals surface area contributed by atoms with Crippen molar-refractivity contribution in [3.05, 3.63) is 71.4 Å². The Bertz CT molecular complexity index is 1260. The number of aryl methyl sites for hydroxylation is 1. The molecule has 0 bridgehead atoms. The van der Waals surface area contributed by atoms with Crippen LogP contribution in [0.15, 0.2) is 54.6 Å². The third kappa shape index (κ3) is 3.59. The van der Waals surface area contributed by atoms with Crippen LogP contribution in [0, 0.1) is 5.41 Å². The third-order valence-corrected chi connectivity index (χ3v) is 6.56. The summed E-state index contributed by atoms with van der Waals surface area (Å²) >= 11 is 0. The topological polar surface area (TPSA) is 114 Å². The molecule has 9 nitrogen and oxygen atoms in total. The molecule has 2 N–H and O–H groups in total. The second-order valence-electron chi connectivity index (χ2n) is 9.02. The van der Waals surface area contributed by atoms with Crippen molar-refractivity contribution >= 4 is 23.8 Å². The number of amides is 2. The van der Waals surface area contributed by atoms with Crippen LogP contribution in [0.3, 0.4) is 0 Å². The molecule has 1 saturated heterocycles. The number of hydrogen-bond acceptors (Lipinski definition) is 5. The molecule has 5 rings (SSSR count). The molecule has 1 aliphatic carbocycles. The number of benzene rings is 2. The zero-order chi connectivity index (χ0) is 24.0. The minimum Gasteiger partial charge on any atom is -0.481 e. The molecule has 0 spiro atoms. The van der Waals surface area contributed by atoms with Gasteiger partial charge >= 0.3 is 12.1 Å². The fourth-order valence-corrected chi connectivity index (χ4v) is 4.66. The highest BCUT2D eigenvalue weighted by atomic mass is 16.5. The highest BCUT2D eigenvalue weighted by molar-refractivity contribution is 5.96. The van der Waals surface area contributed by atoms with Crippen LogP contribution >= 0.6 is 0 Å². The second kappa shape index (κ2) is 8.02. The van der Waals surface area contributed by atoms with Crippen molar-refractivity contribution in [2.24, 2.45) is 12.5 Å². The molecule has 1 fully saturated rings. The van der Waals surface area contributed by atoms with Gasteiger partial charge in [0.15, 0.2) is 5.69 Å². The van der Waals surface area contributed by atoms with Crippen LogP contribution in [0.4, 0.5) is 10.6 Å². The van der Waals surface area contributed by atoms with E-state index in [1.54, 1.807) is 14.0 Å². The number of fused-ring (bicyclic) bond motifs is 3. The Morgan fingerprint density at radius 3 is 2.26 bits per heavy atom. The van der Waals surface area contributed by atoms with Crippen LogP contribution in [0.2, 0.25) is 0 Å². The quantitative estimate of drug-likeness (QED) is 0.604. The molecular weight excluding hydrogens is 436 g/mol. The monoisotopic (exact) mass is 460 g/mol. The summed E-state index contributed by atoms with van der Waals surface area (Å²) in [6.07, 6.45) is -0.647. The normalized spacial score (nSPS) is 15.8. The van der Waals surface area contributed by atoms with Gasteiger partial charge in [0.25, 0.3) is 5.91 Å². The number of ether oxygens (including phenoxy) is 1. The number of rotatable bonds is 5. The van der Waals surface area contributed by atoms with E-state index in [-0.39, 0.29) is 37.2 Å². The summed E-state index contributed by atoms with van der Waals surface area (Å²) < 4.78 is 6.93. The number of aromatic nitrogens is 2. The molecule has 174 valence electrons. The number of anilines is 1. The van der Waals surface area contributed by atoms with Crippen molar-refractivity contribution in [1.29, 1.82) is 0 Å². The van der Waals surface area contributed by atoms with E-state index in [0.29, 0.717) is 5.82 Å². The lowest BCUT2D eigenvalue weighted by atomic mass is 9.82. The third-order valence-electron chi connectivity index (χ3n) is 6.56. The van der Waals surface area contributed by atoms with Gasteiger partial charge in [-0.3, -0.25) is 19.6 Å². The number of carbonyl (C=O) groups is 3. The number of aliphatic carboxylic acids is 1. The maximum Gasteiger partial charge on any atom is 0.412 e. The van der Waals surface area contributed by atoms with Gasteiger partial charge in [-0.05, 0) is 29.2 Å². The lowest BCUT2D eigenvalue weighted by Gasteiger charge is -2.44. The maximum atomic E-state index is 12.6. The van der Waals surface area contributed by atoms with E-state index >= 15 is 0 Å². The van der Waals surface area contributed by atoms with Crippen molar-refractivity contribution in [2.45, 2.75) is 12.8 Å². The average Bonchev–Trinajstić information content (AvgIpc) is 3.32. The van der Waals surface area contributed by atoms with E-state index in [2.05, 4.69) is 22.5 Å². The lowest BCUT2D eigenvalue weighted by Crippen LogP contribution is -2.60. The Kier molecular flexibility index (Phi) is 5.11. The first-order chi connectivity index (χ1) is 16.3. The second-order valence-corrected chi connectivity index (χ2v) is 9.02. The van der Waals surface area contributed by atoms with E-state index in [4.69, 9.17) is 4.74 Å².